The lowest BCUT2D eigenvalue weighted by atomic mass is 10.0. The van der Waals surface area contributed by atoms with E-state index in [0.29, 0.717) is 6.54 Å². The summed E-state index contributed by atoms with van der Waals surface area (Å²) >= 11 is 0. The van der Waals surface area contributed by atoms with Gasteiger partial charge in [-0.2, -0.15) is 0 Å². The molecule has 2 aliphatic rings. The van der Waals surface area contributed by atoms with E-state index in [-0.39, 0.29) is 18.0 Å². The molecule has 2 heterocycles. The molecular weight excluding hydrogens is 256 g/mol. The molecule has 1 atom stereocenters. The van der Waals surface area contributed by atoms with Gasteiger partial charge in [0.15, 0.2) is 0 Å². The van der Waals surface area contributed by atoms with Gasteiger partial charge in [-0.3, -0.25) is 9.69 Å². The van der Waals surface area contributed by atoms with Crippen molar-refractivity contribution in [3.63, 3.8) is 0 Å². The van der Waals surface area contributed by atoms with Crippen molar-refractivity contribution in [2.24, 2.45) is 0 Å². The highest BCUT2D eigenvalue weighted by Gasteiger charge is 2.37. The largest absolute Gasteiger partial charge is 0.444 e. The number of ether oxygens (including phenoxy) is 1. The highest BCUT2D eigenvalue weighted by molar-refractivity contribution is 5.86. The quantitative estimate of drug-likeness (QED) is 0.742. The number of rotatable bonds is 1. The lowest BCUT2D eigenvalue weighted by Gasteiger charge is -2.37. The number of piperidine rings is 1. The molecular formula is C15H26N2O3. The maximum Gasteiger partial charge on any atom is 0.410 e. The number of hydrogen-bond acceptors (Lipinski definition) is 3. The minimum absolute atomic E-state index is 0.105. The van der Waals surface area contributed by atoms with E-state index in [2.05, 4.69) is 0 Å². The Balaban J connectivity index is 2.04. The predicted molar refractivity (Wildman–Crippen MR) is 76.4 cm³/mol. The van der Waals surface area contributed by atoms with Crippen LogP contribution in [0.5, 0.6) is 0 Å². The Labute approximate surface area is 121 Å². The summed E-state index contributed by atoms with van der Waals surface area (Å²) in [5.74, 6) is 0.105. The second-order valence-electron chi connectivity index (χ2n) is 6.72. The van der Waals surface area contributed by atoms with Crippen LogP contribution in [0.1, 0.15) is 52.9 Å². The molecule has 2 fully saturated rings. The van der Waals surface area contributed by atoms with Gasteiger partial charge in [0.2, 0.25) is 5.91 Å². The molecule has 5 nitrogen and oxygen atoms in total. The molecule has 5 heteroatoms. The van der Waals surface area contributed by atoms with E-state index in [0.717, 1.165) is 45.2 Å². The Morgan fingerprint density at radius 2 is 1.60 bits per heavy atom. The van der Waals surface area contributed by atoms with E-state index in [9.17, 15) is 9.59 Å². The van der Waals surface area contributed by atoms with E-state index in [1.807, 2.05) is 25.7 Å². The van der Waals surface area contributed by atoms with E-state index < -0.39 is 5.60 Å². The van der Waals surface area contributed by atoms with Crippen molar-refractivity contribution >= 4 is 12.0 Å². The maximum absolute atomic E-state index is 12.6. The first-order valence-corrected chi connectivity index (χ1v) is 7.67. The molecule has 0 saturated carbocycles. The van der Waals surface area contributed by atoms with Crippen molar-refractivity contribution in [3.8, 4) is 0 Å². The minimum atomic E-state index is -0.518. The first-order chi connectivity index (χ1) is 9.38. The Morgan fingerprint density at radius 3 is 2.20 bits per heavy atom. The highest BCUT2D eigenvalue weighted by Crippen LogP contribution is 2.23. The van der Waals surface area contributed by atoms with Gasteiger partial charge < -0.3 is 9.64 Å². The maximum atomic E-state index is 12.6. The topological polar surface area (TPSA) is 49.9 Å². The van der Waals surface area contributed by atoms with Crippen molar-refractivity contribution in [2.45, 2.75) is 64.5 Å². The monoisotopic (exact) mass is 282 g/mol. The van der Waals surface area contributed by atoms with E-state index in [1.54, 1.807) is 4.90 Å². The van der Waals surface area contributed by atoms with Crippen molar-refractivity contribution in [1.82, 2.24) is 9.80 Å². The normalized spacial score (nSPS) is 23.9. The summed E-state index contributed by atoms with van der Waals surface area (Å²) in [7, 11) is 0. The Kier molecular flexibility index (Phi) is 4.55. The average Bonchev–Trinajstić information content (AvgIpc) is 2.89. The van der Waals surface area contributed by atoms with E-state index in [4.69, 9.17) is 4.74 Å². The Morgan fingerprint density at radius 1 is 1.00 bits per heavy atom. The molecule has 0 radical (unpaired) electrons. The van der Waals surface area contributed by atoms with E-state index in [1.165, 1.54) is 0 Å². The number of carbonyl (C=O) groups excluding carboxylic acids is 2. The molecule has 2 saturated heterocycles. The highest BCUT2D eigenvalue weighted by atomic mass is 16.6. The molecule has 0 unspecified atom stereocenters. The lowest BCUT2D eigenvalue weighted by Crippen LogP contribution is -2.53. The molecule has 0 bridgehead atoms. The molecule has 2 rings (SSSR count). The van der Waals surface area contributed by atoms with Crippen LogP contribution in [0, 0.1) is 0 Å². The standard InChI is InChI=1S/C15H26N2O3/c1-15(2,3)20-14(19)17-11-5-4-8-12(17)13(18)16-9-6-7-10-16/h12H,4-11H2,1-3H3/t12-/m1/s1. The molecule has 0 aromatic rings. The molecule has 114 valence electrons. The van der Waals surface area contributed by atoms with Crippen LogP contribution < -0.4 is 0 Å². The van der Waals surface area contributed by atoms with Gasteiger partial charge in [-0.25, -0.2) is 4.79 Å². The van der Waals surface area contributed by atoms with Crippen LogP contribution in [-0.4, -0.2) is 53.1 Å². The summed E-state index contributed by atoms with van der Waals surface area (Å²) in [6.07, 6.45) is 4.51. The molecule has 20 heavy (non-hydrogen) atoms. The predicted octanol–water partition coefficient (Wildman–Crippen LogP) is 2.40. The van der Waals surface area contributed by atoms with Gasteiger partial charge in [0, 0.05) is 19.6 Å². The van der Waals surface area contributed by atoms with Gasteiger partial charge in [-0.15, -0.1) is 0 Å². The zero-order valence-electron chi connectivity index (χ0n) is 12.9. The zero-order valence-corrected chi connectivity index (χ0v) is 12.9. The summed E-state index contributed by atoms with van der Waals surface area (Å²) < 4.78 is 5.44. The molecule has 2 aliphatic heterocycles. The molecule has 0 spiro atoms. The first-order valence-electron chi connectivity index (χ1n) is 7.67. The Bertz CT molecular complexity index is 370. The lowest BCUT2D eigenvalue weighted by molar-refractivity contribution is -0.137. The van der Waals surface area contributed by atoms with Crippen LogP contribution in [0.3, 0.4) is 0 Å². The van der Waals surface area contributed by atoms with Gasteiger partial charge >= 0.3 is 6.09 Å². The van der Waals surface area contributed by atoms with Crippen LogP contribution in [-0.2, 0) is 9.53 Å². The zero-order chi connectivity index (χ0) is 14.8. The fourth-order valence-electron chi connectivity index (χ4n) is 2.88. The van der Waals surface area contributed by atoms with Gasteiger partial charge in [0.1, 0.15) is 11.6 Å². The van der Waals surface area contributed by atoms with Gasteiger partial charge in [0.25, 0.3) is 0 Å². The third-order valence-corrected chi connectivity index (χ3v) is 3.83. The third-order valence-electron chi connectivity index (χ3n) is 3.83. The molecule has 0 N–H and O–H groups in total. The van der Waals surface area contributed by atoms with Crippen molar-refractivity contribution in [1.29, 1.82) is 0 Å². The molecule has 0 aliphatic carbocycles. The number of likely N-dealkylation sites (tertiary alicyclic amines) is 2. The van der Waals surface area contributed by atoms with Crippen LogP contribution >= 0.6 is 0 Å². The van der Waals surface area contributed by atoms with Crippen molar-refractivity contribution in [3.05, 3.63) is 0 Å². The fraction of sp³-hybridized carbons (Fsp3) is 0.867. The summed E-state index contributed by atoms with van der Waals surface area (Å²) in [5, 5.41) is 0. The second-order valence-corrected chi connectivity index (χ2v) is 6.72. The molecule has 0 aromatic carbocycles. The smallest absolute Gasteiger partial charge is 0.410 e. The number of hydrogen-bond donors (Lipinski definition) is 0. The van der Waals surface area contributed by atoms with Crippen LogP contribution in [0.25, 0.3) is 0 Å². The molecule has 0 aromatic heterocycles. The van der Waals surface area contributed by atoms with Gasteiger partial charge in [0.05, 0.1) is 0 Å². The van der Waals surface area contributed by atoms with Gasteiger partial charge in [-0.1, -0.05) is 0 Å². The number of nitrogens with zero attached hydrogens (tertiary/aromatic N) is 2. The number of carbonyl (C=O) groups is 2. The van der Waals surface area contributed by atoms with Crippen molar-refractivity contribution < 1.29 is 14.3 Å². The van der Waals surface area contributed by atoms with Crippen LogP contribution in [0.4, 0.5) is 4.79 Å². The summed E-state index contributed by atoms with van der Waals surface area (Å²) in [6, 6.07) is -0.323. The molecule has 2 amide bonds. The summed E-state index contributed by atoms with van der Waals surface area (Å²) in [4.78, 5) is 28.4. The third kappa shape index (κ3) is 3.64. The van der Waals surface area contributed by atoms with Crippen LogP contribution in [0.2, 0.25) is 0 Å². The van der Waals surface area contributed by atoms with Crippen molar-refractivity contribution in [2.75, 3.05) is 19.6 Å². The summed E-state index contributed by atoms with van der Waals surface area (Å²) in [6.45, 7) is 7.85. The second kappa shape index (κ2) is 6.02. The average molecular weight is 282 g/mol. The number of amides is 2. The van der Waals surface area contributed by atoms with Gasteiger partial charge in [-0.05, 0) is 52.9 Å². The first kappa shape index (κ1) is 15.1. The summed E-state index contributed by atoms with van der Waals surface area (Å²) in [5.41, 5.74) is -0.518. The Hall–Kier alpha value is -1.26. The minimum Gasteiger partial charge on any atom is -0.444 e. The van der Waals surface area contributed by atoms with Crippen LogP contribution in [0.15, 0.2) is 0 Å². The SMILES string of the molecule is CC(C)(C)OC(=O)N1CCCC[C@@H]1C(=O)N1CCCC1. The fourth-order valence-corrected chi connectivity index (χ4v) is 2.88. The van der Waals surface area contributed by atoms with E-state index >= 15 is 0 Å².